The fraction of sp³-hybridized carbons (Fsp3) is 0.125. The molecule has 0 radical (unpaired) electrons. The van der Waals surface area contributed by atoms with E-state index in [1.54, 1.807) is 36.4 Å². The molecule has 0 saturated carbocycles. The number of rotatable bonds is 5. The average Bonchev–Trinajstić information content (AvgIpc) is 2.49. The number of carbonyl (C=O) groups excluding carboxylic acids is 1. The first-order valence-electron chi connectivity index (χ1n) is 6.65. The molecule has 1 atom stereocenters. The summed E-state index contributed by atoms with van der Waals surface area (Å²) in [6.45, 7) is 0. The topological polar surface area (TPSA) is 78.4 Å². The summed E-state index contributed by atoms with van der Waals surface area (Å²) in [5.74, 6) is -1.60. The van der Waals surface area contributed by atoms with Crippen LogP contribution in [0.25, 0.3) is 0 Å². The molecule has 0 bridgehead atoms. The van der Waals surface area contributed by atoms with Crippen molar-refractivity contribution in [1.29, 1.82) is 0 Å². The number of halogens is 1. The Kier molecular flexibility index (Phi) is 5.08. The van der Waals surface area contributed by atoms with Gasteiger partial charge in [-0.25, -0.2) is 9.18 Å². The van der Waals surface area contributed by atoms with Gasteiger partial charge in [-0.15, -0.1) is 0 Å². The van der Waals surface area contributed by atoms with Gasteiger partial charge in [0.1, 0.15) is 5.82 Å². The fourth-order valence-electron chi connectivity index (χ4n) is 1.99. The van der Waals surface area contributed by atoms with Crippen molar-refractivity contribution >= 4 is 17.7 Å². The lowest BCUT2D eigenvalue weighted by atomic mass is 10.0. The standard InChI is InChI=1S/C16H15FN2O3/c17-12-8-4-5-9-13(12)18-16(22)19-14(10-15(20)21)11-6-2-1-3-7-11/h1-9,14H,10H2,(H,20,21)(H2,18,19,22). The van der Waals surface area contributed by atoms with E-state index in [1.165, 1.54) is 18.2 Å². The summed E-state index contributed by atoms with van der Waals surface area (Å²) in [5.41, 5.74) is 0.690. The van der Waals surface area contributed by atoms with Gasteiger partial charge in [0.15, 0.2) is 0 Å². The number of aliphatic carboxylic acids is 1. The van der Waals surface area contributed by atoms with Crippen molar-refractivity contribution in [3.05, 3.63) is 66.0 Å². The van der Waals surface area contributed by atoms with Crippen molar-refractivity contribution in [2.75, 3.05) is 5.32 Å². The number of amides is 2. The number of carbonyl (C=O) groups is 2. The molecule has 22 heavy (non-hydrogen) atoms. The van der Waals surface area contributed by atoms with Gasteiger partial charge in [-0.05, 0) is 17.7 Å². The highest BCUT2D eigenvalue weighted by Gasteiger charge is 2.18. The van der Waals surface area contributed by atoms with Crippen LogP contribution in [0.5, 0.6) is 0 Å². The van der Waals surface area contributed by atoms with E-state index in [1.807, 2.05) is 0 Å². The molecule has 0 heterocycles. The number of benzene rings is 2. The molecule has 2 rings (SSSR count). The van der Waals surface area contributed by atoms with Crippen molar-refractivity contribution in [2.24, 2.45) is 0 Å². The summed E-state index contributed by atoms with van der Waals surface area (Å²) in [6.07, 6.45) is -0.269. The van der Waals surface area contributed by atoms with Gasteiger partial charge in [-0.3, -0.25) is 4.79 Å². The number of para-hydroxylation sites is 1. The first-order chi connectivity index (χ1) is 10.6. The summed E-state index contributed by atoms with van der Waals surface area (Å²) in [7, 11) is 0. The number of nitrogens with one attached hydrogen (secondary N) is 2. The molecule has 0 aliphatic heterocycles. The second-order valence-electron chi connectivity index (χ2n) is 4.64. The molecule has 0 saturated heterocycles. The van der Waals surface area contributed by atoms with Crippen molar-refractivity contribution < 1.29 is 19.1 Å². The second kappa shape index (κ2) is 7.21. The van der Waals surface area contributed by atoms with Crippen LogP contribution in [0.4, 0.5) is 14.9 Å². The number of hydrogen-bond donors (Lipinski definition) is 3. The third kappa shape index (κ3) is 4.31. The molecule has 3 N–H and O–H groups in total. The lowest BCUT2D eigenvalue weighted by Gasteiger charge is -2.18. The molecule has 2 amide bonds. The maximum atomic E-state index is 13.5. The third-order valence-corrected chi connectivity index (χ3v) is 3.01. The van der Waals surface area contributed by atoms with Gasteiger partial charge in [0.25, 0.3) is 0 Å². The van der Waals surface area contributed by atoms with Crippen molar-refractivity contribution in [2.45, 2.75) is 12.5 Å². The number of urea groups is 1. The summed E-state index contributed by atoms with van der Waals surface area (Å²) in [6, 6.07) is 13.1. The zero-order valence-electron chi connectivity index (χ0n) is 11.6. The Bertz CT molecular complexity index is 661. The van der Waals surface area contributed by atoms with Gasteiger partial charge in [-0.1, -0.05) is 42.5 Å². The van der Waals surface area contributed by atoms with Crippen LogP contribution in [0.1, 0.15) is 18.0 Å². The van der Waals surface area contributed by atoms with Gasteiger partial charge >= 0.3 is 12.0 Å². The molecule has 0 fully saturated rings. The lowest BCUT2D eigenvalue weighted by Crippen LogP contribution is -2.34. The number of carboxylic acids is 1. The van der Waals surface area contributed by atoms with Crippen molar-refractivity contribution in [1.82, 2.24) is 5.32 Å². The summed E-state index contributed by atoms with van der Waals surface area (Å²) in [4.78, 5) is 22.9. The van der Waals surface area contributed by atoms with Crippen molar-refractivity contribution in [3.63, 3.8) is 0 Å². The highest BCUT2D eigenvalue weighted by Crippen LogP contribution is 2.17. The van der Waals surface area contributed by atoms with Crippen LogP contribution >= 0.6 is 0 Å². The lowest BCUT2D eigenvalue weighted by molar-refractivity contribution is -0.137. The Labute approximate surface area is 126 Å². The SMILES string of the molecule is O=C(O)CC(NC(=O)Nc1ccccc1F)c1ccccc1. The van der Waals surface area contributed by atoms with Crippen LogP contribution in [-0.4, -0.2) is 17.1 Å². The molecule has 5 nitrogen and oxygen atoms in total. The van der Waals surface area contributed by atoms with Crippen LogP contribution in [0.15, 0.2) is 54.6 Å². The highest BCUT2D eigenvalue weighted by atomic mass is 19.1. The molecule has 2 aromatic rings. The normalized spacial score (nSPS) is 11.5. The Hall–Kier alpha value is -2.89. The number of carboxylic acid groups (broad SMARTS) is 1. The van der Waals surface area contributed by atoms with E-state index in [4.69, 9.17) is 5.11 Å². The van der Waals surface area contributed by atoms with Crippen LogP contribution in [0.3, 0.4) is 0 Å². The zero-order chi connectivity index (χ0) is 15.9. The zero-order valence-corrected chi connectivity index (χ0v) is 11.6. The second-order valence-corrected chi connectivity index (χ2v) is 4.64. The van der Waals surface area contributed by atoms with Crippen LogP contribution < -0.4 is 10.6 Å². The maximum absolute atomic E-state index is 13.5. The minimum absolute atomic E-state index is 0.0298. The van der Waals surface area contributed by atoms with E-state index in [9.17, 15) is 14.0 Å². The van der Waals surface area contributed by atoms with Gasteiger partial charge in [-0.2, -0.15) is 0 Å². The number of hydrogen-bond acceptors (Lipinski definition) is 2. The van der Waals surface area contributed by atoms with E-state index in [0.717, 1.165) is 0 Å². The molecule has 0 aliphatic rings. The minimum Gasteiger partial charge on any atom is -0.481 e. The van der Waals surface area contributed by atoms with E-state index in [-0.39, 0.29) is 12.1 Å². The monoisotopic (exact) mass is 302 g/mol. The van der Waals surface area contributed by atoms with E-state index >= 15 is 0 Å². The Morgan fingerprint density at radius 2 is 1.68 bits per heavy atom. The quantitative estimate of drug-likeness (QED) is 0.794. The molecule has 0 aliphatic carbocycles. The first kappa shape index (κ1) is 15.5. The minimum atomic E-state index is -1.04. The predicted molar refractivity (Wildman–Crippen MR) is 80.0 cm³/mol. The Morgan fingerprint density at radius 3 is 2.32 bits per heavy atom. The predicted octanol–water partition coefficient (Wildman–Crippen LogP) is 3.16. The van der Waals surface area contributed by atoms with Gasteiger partial charge in [0, 0.05) is 0 Å². The molecule has 6 heteroatoms. The van der Waals surface area contributed by atoms with Crippen LogP contribution in [0.2, 0.25) is 0 Å². The molecule has 114 valence electrons. The van der Waals surface area contributed by atoms with Crippen LogP contribution in [-0.2, 0) is 4.79 Å². The Balaban J connectivity index is 2.08. The smallest absolute Gasteiger partial charge is 0.319 e. The summed E-state index contributed by atoms with van der Waals surface area (Å²) >= 11 is 0. The van der Waals surface area contributed by atoms with Gasteiger partial charge in [0.2, 0.25) is 0 Å². The first-order valence-corrected chi connectivity index (χ1v) is 6.65. The fourth-order valence-corrected chi connectivity index (χ4v) is 1.99. The molecular weight excluding hydrogens is 287 g/mol. The summed E-state index contributed by atoms with van der Waals surface area (Å²) in [5, 5.41) is 13.9. The van der Waals surface area contributed by atoms with E-state index in [2.05, 4.69) is 10.6 Å². The molecule has 0 spiro atoms. The van der Waals surface area contributed by atoms with Gasteiger partial charge < -0.3 is 15.7 Å². The van der Waals surface area contributed by atoms with Gasteiger partial charge in [0.05, 0.1) is 18.2 Å². The third-order valence-electron chi connectivity index (χ3n) is 3.01. The van der Waals surface area contributed by atoms with E-state index < -0.39 is 23.9 Å². The molecule has 0 aromatic heterocycles. The number of anilines is 1. The summed E-state index contributed by atoms with van der Waals surface area (Å²) < 4.78 is 13.5. The largest absolute Gasteiger partial charge is 0.481 e. The van der Waals surface area contributed by atoms with Crippen LogP contribution in [0, 0.1) is 5.82 Å². The maximum Gasteiger partial charge on any atom is 0.319 e. The van der Waals surface area contributed by atoms with E-state index in [0.29, 0.717) is 5.56 Å². The van der Waals surface area contributed by atoms with Crippen molar-refractivity contribution in [3.8, 4) is 0 Å². The molecule has 2 aromatic carbocycles. The molecule has 1 unspecified atom stereocenters. The highest BCUT2D eigenvalue weighted by molar-refractivity contribution is 5.90. The average molecular weight is 302 g/mol. The molecular formula is C16H15FN2O3. The Morgan fingerprint density at radius 1 is 1.05 bits per heavy atom.